The molecule has 0 spiro atoms. The van der Waals surface area contributed by atoms with E-state index in [1.54, 1.807) is 18.5 Å². The van der Waals surface area contributed by atoms with Crippen LogP contribution in [0.25, 0.3) is 0 Å². The average molecular weight is 471 g/mol. The van der Waals surface area contributed by atoms with Gasteiger partial charge in [-0.15, -0.1) is 24.0 Å². The summed E-state index contributed by atoms with van der Waals surface area (Å²) in [6.07, 6.45) is 4.45. The zero-order valence-corrected chi connectivity index (χ0v) is 17.4. The van der Waals surface area contributed by atoms with Crippen LogP contribution < -0.4 is 16.0 Å². The number of guanidine groups is 1. The second-order valence-electron chi connectivity index (χ2n) is 5.54. The molecule has 142 valence electrons. The first-order valence-electron chi connectivity index (χ1n) is 8.44. The van der Waals surface area contributed by atoms with Crippen LogP contribution in [0.1, 0.15) is 24.7 Å². The number of aromatic nitrogens is 1. The lowest BCUT2D eigenvalue weighted by molar-refractivity contribution is -0.116. The van der Waals surface area contributed by atoms with E-state index in [1.807, 2.05) is 32.0 Å². The second kappa shape index (κ2) is 12.3. The Hall–Kier alpha value is -2.10. The number of carbonyl (C=O) groups excluding carboxylic acids is 1. The van der Waals surface area contributed by atoms with E-state index in [9.17, 15) is 4.79 Å². The van der Waals surface area contributed by atoms with E-state index >= 15 is 0 Å². The third kappa shape index (κ3) is 8.32. The number of aryl methyl sites for hydroxylation is 1. The average Bonchev–Trinajstić information content (AvgIpc) is 3.10. The van der Waals surface area contributed by atoms with E-state index in [1.165, 1.54) is 0 Å². The van der Waals surface area contributed by atoms with Gasteiger partial charge in [-0.2, -0.15) is 0 Å². The van der Waals surface area contributed by atoms with Gasteiger partial charge in [0.25, 0.3) is 0 Å². The third-order valence-electron chi connectivity index (χ3n) is 3.38. The van der Waals surface area contributed by atoms with Gasteiger partial charge in [-0.25, -0.2) is 4.98 Å². The Morgan fingerprint density at radius 3 is 2.77 bits per heavy atom. The van der Waals surface area contributed by atoms with Gasteiger partial charge in [0, 0.05) is 38.7 Å². The van der Waals surface area contributed by atoms with Crippen LogP contribution in [0.5, 0.6) is 0 Å². The largest absolute Gasteiger partial charge is 0.469 e. The van der Waals surface area contributed by atoms with Crippen LogP contribution in [0.15, 0.2) is 46.1 Å². The molecule has 26 heavy (non-hydrogen) atoms. The Morgan fingerprint density at radius 2 is 2.12 bits per heavy atom. The van der Waals surface area contributed by atoms with Crippen molar-refractivity contribution in [3.63, 3.8) is 0 Å². The zero-order valence-electron chi connectivity index (χ0n) is 15.1. The summed E-state index contributed by atoms with van der Waals surface area (Å²) < 4.78 is 5.28. The summed E-state index contributed by atoms with van der Waals surface area (Å²) >= 11 is 0. The number of carbonyl (C=O) groups is 1. The number of furan rings is 1. The maximum absolute atomic E-state index is 11.9. The molecule has 0 radical (unpaired) electrons. The number of hydrogen-bond acceptors (Lipinski definition) is 4. The summed E-state index contributed by atoms with van der Waals surface area (Å²) in [6, 6.07) is 7.50. The first-order valence-corrected chi connectivity index (χ1v) is 8.44. The van der Waals surface area contributed by atoms with E-state index in [0.29, 0.717) is 31.3 Å². The number of anilines is 1. The number of nitrogens with zero attached hydrogens (tertiary/aromatic N) is 2. The molecular weight excluding hydrogens is 445 g/mol. The molecule has 2 aromatic rings. The van der Waals surface area contributed by atoms with Crippen LogP contribution >= 0.6 is 24.0 Å². The number of rotatable bonds is 8. The molecule has 0 aromatic carbocycles. The van der Waals surface area contributed by atoms with Crippen LogP contribution in [0.2, 0.25) is 0 Å². The Balaban J connectivity index is 0.00000338. The SMILES string of the molecule is CCNC(=NCCc1ccco1)NCCC(=O)Nc1ccc(C)cn1.I. The Bertz CT molecular complexity index is 671. The van der Waals surface area contributed by atoms with Crippen LogP contribution in [0.3, 0.4) is 0 Å². The minimum Gasteiger partial charge on any atom is -0.469 e. The molecule has 1 amide bonds. The van der Waals surface area contributed by atoms with Crippen molar-refractivity contribution in [3.05, 3.63) is 48.0 Å². The predicted molar refractivity (Wildman–Crippen MR) is 114 cm³/mol. The lowest BCUT2D eigenvalue weighted by Gasteiger charge is -2.11. The predicted octanol–water partition coefficient (Wildman–Crippen LogP) is 2.73. The summed E-state index contributed by atoms with van der Waals surface area (Å²) in [5.41, 5.74) is 1.06. The summed E-state index contributed by atoms with van der Waals surface area (Å²) in [5, 5.41) is 9.08. The van der Waals surface area contributed by atoms with E-state index in [0.717, 1.165) is 24.3 Å². The first kappa shape index (κ1) is 21.9. The molecule has 2 aromatic heterocycles. The highest BCUT2D eigenvalue weighted by Crippen LogP contribution is 2.04. The molecule has 0 saturated heterocycles. The van der Waals surface area contributed by atoms with E-state index in [4.69, 9.17) is 4.42 Å². The molecule has 8 heteroatoms. The van der Waals surface area contributed by atoms with Crippen molar-refractivity contribution >= 4 is 41.7 Å². The van der Waals surface area contributed by atoms with Gasteiger partial charge in [-0.1, -0.05) is 6.07 Å². The number of nitrogens with one attached hydrogen (secondary N) is 3. The molecule has 0 bridgehead atoms. The lowest BCUT2D eigenvalue weighted by atomic mass is 10.3. The molecule has 0 unspecified atom stereocenters. The van der Waals surface area contributed by atoms with Crippen molar-refractivity contribution in [2.75, 3.05) is 25.0 Å². The number of halogens is 1. The van der Waals surface area contributed by atoms with Crippen molar-refractivity contribution in [3.8, 4) is 0 Å². The highest BCUT2D eigenvalue weighted by molar-refractivity contribution is 14.0. The third-order valence-corrected chi connectivity index (χ3v) is 3.38. The monoisotopic (exact) mass is 471 g/mol. The zero-order chi connectivity index (χ0) is 17.9. The van der Waals surface area contributed by atoms with Gasteiger partial charge in [-0.05, 0) is 37.6 Å². The van der Waals surface area contributed by atoms with Crippen molar-refractivity contribution in [1.82, 2.24) is 15.6 Å². The molecule has 2 rings (SSSR count). The fraction of sp³-hybridized carbons (Fsp3) is 0.389. The van der Waals surface area contributed by atoms with Crippen LogP contribution in [0, 0.1) is 6.92 Å². The maximum Gasteiger partial charge on any atom is 0.227 e. The Morgan fingerprint density at radius 1 is 1.27 bits per heavy atom. The van der Waals surface area contributed by atoms with Crippen molar-refractivity contribution in [2.45, 2.75) is 26.7 Å². The first-order chi connectivity index (χ1) is 12.2. The fourth-order valence-corrected chi connectivity index (χ4v) is 2.12. The maximum atomic E-state index is 11.9. The van der Waals surface area contributed by atoms with Gasteiger partial charge in [0.05, 0.1) is 6.26 Å². The number of aliphatic imine (C=N–C) groups is 1. The van der Waals surface area contributed by atoms with Gasteiger partial charge in [0.2, 0.25) is 5.91 Å². The molecular formula is C18H26IN5O2. The van der Waals surface area contributed by atoms with Crippen LogP contribution in [-0.2, 0) is 11.2 Å². The molecule has 2 heterocycles. The van der Waals surface area contributed by atoms with Crippen LogP contribution in [0.4, 0.5) is 5.82 Å². The molecule has 0 aliphatic rings. The van der Waals surface area contributed by atoms with Crippen molar-refractivity contribution in [1.29, 1.82) is 0 Å². The number of hydrogen-bond donors (Lipinski definition) is 3. The van der Waals surface area contributed by atoms with E-state index in [-0.39, 0.29) is 29.9 Å². The highest BCUT2D eigenvalue weighted by Gasteiger charge is 2.04. The molecule has 0 aliphatic carbocycles. The molecule has 7 nitrogen and oxygen atoms in total. The second-order valence-corrected chi connectivity index (χ2v) is 5.54. The van der Waals surface area contributed by atoms with Crippen molar-refractivity contribution in [2.24, 2.45) is 4.99 Å². The highest BCUT2D eigenvalue weighted by atomic mass is 127. The van der Waals surface area contributed by atoms with Crippen molar-refractivity contribution < 1.29 is 9.21 Å². The van der Waals surface area contributed by atoms with Gasteiger partial charge in [0.1, 0.15) is 11.6 Å². The molecule has 0 aliphatic heterocycles. The summed E-state index contributed by atoms with van der Waals surface area (Å²) in [7, 11) is 0. The minimum atomic E-state index is -0.0877. The quantitative estimate of drug-likeness (QED) is 0.313. The smallest absolute Gasteiger partial charge is 0.227 e. The van der Waals surface area contributed by atoms with Gasteiger partial charge >= 0.3 is 0 Å². The number of amides is 1. The Labute approximate surface area is 171 Å². The normalized spacial score (nSPS) is 10.8. The summed E-state index contributed by atoms with van der Waals surface area (Å²) in [5.74, 6) is 2.07. The van der Waals surface area contributed by atoms with Gasteiger partial charge in [0.15, 0.2) is 5.96 Å². The molecule has 0 saturated carbocycles. The van der Waals surface area contributed by atoms with E-state index < -0.39 is 0 Å². The van der Waals surface area contributed by atoms with Gasteiger partial charge < -0.3 is 20.4 Å². The summed E-state index contributed by atoms with van der Waals surface area (Å²) in [6.45, 7) is 5.81. The standard InChI is InChI=1S/C18H25N5O2.HI/c1-3-19-18(20-10-8-15-5-4-12-25-15)21-11-9-17(24)23-16-7-6-14(2)13-22-16;/h4-7,12-13H,3,8-11H2,1-2H3,(H2,19,20,21)(H,22,23,24);1H. The summed E-state index contributed by atoms with van der Waals surface area (Å²) in [4.78, 5) is 20.6. The lowest BCUT2D eigenvalue weighted by Crippen LogP contribution is -2.38. The molecule has 0 atom stereocenters. The van der Waals surface area contributed by atoms with Crippen LogP contribution in [-0.4, -0.2) is 36.5 Å². The molecule has 0 fully saturated rings. The van der Waals surface area contributed by atoms with E-state index in [2.05, 4.69) is 25.9 Å². The Kier molecular flexibility index (Phi) is 10.4. The van der Waals surface area contributed by atoms with Gasteiger partial charge in [-0.3, -0.25) is 9.79 Å². The molecule has 3 N–H and O–H groups in total. The minimum absolute atomic E-state index is 0. The number of pyridine rings is 1. The topological polar surface area (TPSA) is 91.5 Å². The fourth-order valence-electron chi connectivity index (χ4n) is 2.12.